The van der Waals surface area contributed by atoms with E-state index < -0.39 is 0 Å². The number of nitrogens with zero attached hydrogens (tertiary/aromatic N) is 2. The van der Waals surface area contributed by atoms with Crippen molar-refractivity contribution in [3.63, 3.8) is 0 Å². The second-order valence-electron chi connectivity index (χ2n) is 4.54. The largest absolute Gasteiger partial charge is 0.395 e. The molecule has 0 aromatic rings. The van der Waals surface area contributed by atoms with Gasteiger partial charge in [-0.25, -0.2) is 0 Å². The Bertz CT molecular complexity index is 176. The summed E-state index contributed by atoms with van der Waals surface area (Å²) >= 11 is 0. The second kappa shape index (κ2) is 15.2. The van der Waals surface area contributed by atoms with E-state index in [0.29, 0.717) is 39.5 Å². The summed E-state index contributed by atoms with van der Waals surface area (Å²) in [7, 11) is 0. The fourth-order valence-corrected chi connectivity index (χ4v) is 1.85. The van der Waals surface area contributed by atoms with Crippen LogP contribution in [-0.4, -0.2) is 98.9 Å². The maximum Gasteiger partial charge on any atom is 0.0701 e. The standard InChI is InChI=1S/C14H32N2O4/c1-3-15(5-9-17)7-11-19-13-14-20-12-8-16(4-2)6-10-18/h17-18H,3-14H2,1-2H3. The minimum atomic E-state index is 0.193. The molecule has 0 bridgehead atoms. The van der Waals surface area contributed by atoms with Crippen molar-refractivity contribution in [3.05, 3.63) is 0 Å². The highest BCUT2D eigenvalue weighted by molar-refractivity contribution is 4.54. The van der Waals surface area contributed by atoms with Gasteiger partial charge >= 0.3 is 0 Å². The van der Waals surface area contributed by atoms with E-state index in [1.165, 1.54) is 0 Å². The molecule has 0 rings (SSSR count). The van der Waals surface area contributed by atoms with Crippen molar-refractivity contribution in [2.75, 3.05) is 78.9 Å². The van der Waals surface area contributed by atoms with Crippen molar-refractivity contribution in [2.24, 2.45) is 0 Å². The van der Waals surface area contributed by atoms with Gasteiger partial charge in [-0.15, -0.1) is 0 Å². The first-order chi connectivity index (χ1) is 9.78. The van der Waals surface area contributed by atoms with Crippen molar-refractivity contribution in [1.29, 1.82) is 0 Å². The number of hydrogen-bond donors (Lipinski definition) is 2. The van der Waals surface area contributed by atoms with Crippen LogP contribution in [0.3, 0.4) is 0 Å². The molecule has 6 nitrogen and oxygen atoms in total. The maximum atomic E-state index is 8.85. The van der Waals surface area contributed by atoms with Crippen LogP contribution in [-0.2, 0) is 9.47 Å². The van der Waals surface area contributed by atoms with Crippen LogP contribution >= 0.6 is 0 Å². The first kappa shape index (κ1) is 19.8. The monoisotopic (exact) mass is 292 g/mol. The number of rotatable bonds is 15. The van der Waals surface area contributed by atoms with Gasteiger partial charge in [-0.3, -0.25) is 9.80 Å². The van der Waals surface area contributed by atoms with Crippen molar-refractivity contribution in [2.45, 2.75) is 13.8 Å². The molecule has 0 radical (unpaired) electrons. The van der Waals surface area contributed by atoms with Crippen LogP contribution in [0.15, 0.2) is 0 Å². The summed E-state index contributed by atoms with van der Waals surface area (Å²) in [6.45, 7) is 12.0. The lowest BCUT2D eigenvalue weighted by molar-refractivity contribution is 0.0295. The predicted octanol–water partition coefficient (Wildman–Crippen LogP) is -0.352. The number of aliphatic hydroxyl groups excluding tert-OH is 2. The van der Waals surface area contributed by atoms with Crippen LogP contribution in [0.4, 0.5) is 0 Å². The minimum absolute atomic E-state index is 0.193. The molecule has 0 amide bonds. The predicted molar refractivity (Wildman–Crippen MR) is 80.0 cm³/mol. The van der Waals surface area contributed by atoms with Crippen molar-refractivity contribution in [3.8, 4) is 0 Å². The third-order valence-electron chi connectivity index (χ3n) is 3.20. The highest BCUT2D eigenvalue weighted by Crippen LogP contribution is 1.89. The van der Waals surface area contributed by atoms with Crippen LogP contribution in [0.25, 0.3) is 0 Å². The van der Waals surface area contributed by atoms with E-state index in [1.54, 1.807) is 0 Å². The summed E-state index contributed by atoms with van der Waals surface area (Å²) in [6.07, 6.45) is 0. The van der Waals surface area contributed by atoms with Crippen LogP contribution in [0.2, 0.25) is 0 Å². The van der Waals surface area contributed by atoms with E-state index in [-0.39, 0.29) is 13.2 Å². The van der Waals surface area contributed by atoms with E-state index in [1.807, 2.05) is 0 Å². The molecule has 122 valence electrons. The lowest BCUT2D eigenvalue weighted by Crippen LogP contribution is -2.31. The molecule has 0 saturated carbocycles. The fraction of sp³-hybridized carbons (Fsp3) is 1.00. The van der Waals surface area contributed by atoms with Crippen LogP contribution in [0, 0.1) is 0 Å². The molecule has 0 fully saturated rings. The van der Waals surface area contributed by atoms with Gasteiger partial charge in [-0.1, -0.05) is 13.8 Å². The Kier molecular flexibility index (Phi) is 15.0. The smallest absolute Gasteiger partial charge is 0.0701 e. The summed E-state index contributed by atoms with van der Waals surface area (Å²) in [5, 5.41) is 17.7. The summed E-state index contributed by atoms with van der Waals surface area (Å²) in [6, 6.07) is 0. The Morgan fingerprint density at radius 3 is 1.35 bits per heavy atom. The summed E-state index contributed by atoms with van der Waals surface area (Å²) in [4.78, 5) is 4.30. The Balaban J connectivity index is 3.31. The first-order valence-corrected chi connectivity index (χ1v) is 7.60. The number of hydrogen-bond acceptors (Lipinski definition) is 6. The van der Waals surface area contributed by atoms with Crippen molar-refractivity contribution in [1.82, 2.24) is 9.80 Å². The van der Waals surface area contributed by atoms with E-state index in [4.69, 9.17) is 19.7 Å². The lowest BCUT2D eigenvalue weighted by atomic mass is 10.5. The molecular formula is C14H32N2O4. The Labute approximate surface area is 123 Å². The van der Waals surface area contributed by atoms with Gasteiger partial charge in [-0.2, -0.15) is 0 Å². The van der Waals surface area contributed by atoms with Gasteiger partial charge in [0.15, 0.2) is 0 Å². The molecule has 0 aliphatic carbocycles. The van der Waals surface area contributed by atoms with E-state index in [9.17, 15) is 0 Å². The minimum Gasteiger partial charge on any atom is -0.395 e. The van der Waals surface area contributed by atoms with Gasteiger partial charge in [-0.05, 0) is 13.1 Å². The van der Waals surface area contributed by atoms with Gasteiger partial charge in [0.25, 0.3) is 0 Å². The maximum absolute atomic E-state index is 8.85. The molecule has 6 heteroatoms. The van der Waals surface area contributed by atoms with Crippen LogP contribution in [0.1, 0.15) is 13.8 Å². The molecule has 0 aromatic heterocycles. The molecule has 20 heavy (non-hydrogen) atoms. The normalized spacial score (nSPS) is 11.7. The molecule has 2 N–H and O–H groups in total. The SMILES string of the molecule is CCN(CCO)CCOCCOCCN(CC)CCO. The van der Waals surface area contributed by atoms with Crippen molar-refractivity contribution < 1.29 is 19.7 Å². The van der Waals surface area contributed by atoms with Crippen LogP contribution < -0.4 is 0 Å². The number of ether oxygens (including phenoxy) is 2. The van der Waals surface area contributed by atoms with Crippen LogP contribution in [0.5, 0.6) is 0 Å². The first-order valence-electron chi connectivity index (χ1n) is 7.60. The van der Waals surface area contributed by atoms with Gasteiger partial charge in [0.2, 0.25) is 0 Å². The lowest BCUT2D eigenvalue weighted by Gasteiger charge is -2.19. The van der Waals surface area contributed by atoms with Gasteiger partial charge in [0, 0.05) is 26.2 Å². The molecule has 0 atom stereocenters. The molecule has 0 spiro atoms. The highest BCUT2D eigenvalue weighted by Gasteiger charge is 2.02. The molecule has 0 aliphatic heterocycles. The average molecular weight is 292 g/mol. The zero-order chi connectivity index (χ0) is 15.1. The van der Waals surface area contributed by atoms with Gasteiger partial charge in [0.05, 0.1) is 39.6 Å². The van der Waals surface area contributed by atoms with Gasteiger partial charge < -0.3 is 19.7 Å². The number of aliphatic hydroxyl groups is 2. The molecular weight excluding hydrogens is 260 g/mol. The average Bonchev–Trinajstić information content (AvgIpc) is 2.47. The van der Waals surface area contributed by atoms with Gasteiger partial charge in [0.1, 0.15) is 0 Å². The molecule has 0 unspecified atom stereocenters. The van der Waals surface area contributed by atoms with E-state index >= 15 is 0 Å². The molecule has 0 aromatic carbocycles. The Morgan fingerprint density at radius 1 is 0.650 bits per heavy atom. The second-order valence-corrected chi connectivity index (χ2v) is 4.54. The van der Waals surface area contributed by atoms with E-state index in [0.717, 1.165) is 26.2 Å². The third-order valence-corrected chi connectivity index (χ3v) is 3.20. The molecule has 0 aliphatic rings. The van der Waals surface area contributed by atoms with E-state index in [2.05, 4.69) is 23.6 Å². The Morgan fingerprint density at radius 2 is 1.05 bits per heavy atom. The summed E-state index contributed by atoms with van der Waals surface area (Å²) in [5.74, 6) is 0. The summed E-state index contributed by atoms with van der Waals surface area (Å²) in [5.41, 5.74) is 0. The molecule has 0 saturated heterocycles. The zero-order valence-corrected chi connectivity index (χ0v) is 13.1. The molecule has 0 heterocycles. The fourth-order valence-electron chi connectivity index (χ4n) is 1.85. The third kappa shape index (κ3) is 11.6. The zero-order valence-electron chi connectivity index (χ0n) is 13.1. The topological polar surface area (TPSA) is 65.4 Å². The Hall–Kier alpha value is -0.240. The quantitative estimate of drug-likeness (QED) is 0.402. The number of likely N-dealkylation sites (N-methyl/N-ethyl adjacent to an activating group) is 2. The summed E-state index contributed by atoms with van der Waals surface area (Å²) < 4.78 is 11.0. The van der Waals surface area contributed by atoms with Crippen molar-refractivity contribution >= 4 is 0 Å². The highest BCUT2D eigenvalue weighted by atomic mass is 16.5.